The van der Waals surface area contributed by atoms with E-state index in [-0.39, 0.29) is 15.9 Å². The molecule has 0 fully saturated rings. The van der Waals surface area contributed by atoms with Crippen molar-refractivity contribution in [1.82, 2.24) is 4.98 Å². The molecule has 0 bridgehead atoms. The summed E-state index contributed by atoms with van der Waals surface area (Å²) in [5.41, 5.74) is -0.541. The van der Waals surface area contributed by atoms with Gasteiger partial charge in [-0.05, 0) is 38.5 Å². The van der Waals surface area contributed by atoms with E-state index < -0.39 is 21.4 Å². The quantitative estimate of drug-likeness (QED) is 0.757. The number of benzene rings is 1. The van der Waals surface area contributed by atoms with E-state index in [2.05, 4.69) is 9.71 Å². The molecule has 6 nitrogen and oxygen atoms in total. The van der Waals surface area contributed by atoms with Crippen LogP contribution in [0.1, 0.15) is 37.1 Å². The van der Waals surface area contributed by atoms with Crippen LogP contribution in [-0.2, 0) is 14.8 Å². The Kier molecular flexibility index (Phi) is 5.46. The van der Waals surface area contributed by atoms with E-state index in [1.165, 1.54) is 12.3 Å². The third-order valence-corrected chi connectivity index (χ3v) is 7.43. The van der Waals surface area contributed by atoms with Crippen LogP contribution < -0.4 is 4.72 Å². The van der Waals surface area contributed by atoms with Gasteiger partial charge in [-0.3, -0.25) is 9.52 Å². The predicted molar refractivity (Wildman–Crippen MR) is 98.9 cm³/mol. The summed E-state index contributed by atoms with van der Waals surface area (Å²) in [7, 11) is -3.83. The first-order chi connectivity index (χ1) is 11.5. The Morgan fingerprint density at radius 3 is 2.64 bits per heavy atom. The normalized spacial score (nSPS) is 13.5. The highest BCUT2D eigenvalue weighted by Crippen LogP contribution is 2.39. The van der Waals surface area contributed by atoms with Crippen molar-refractivity contribution in [3.63, 3.8) is 0 Å². The van der Waals surface area contributed by atoms with Gasteiger partial charge in [-0.2, -0.15) is 0 Å². The van der Waals surface area contributed by atoms with Gasteiger partial charge in [0.2, 0.25) is 0 Å². The van der Waals surface area contributed by atoms with Crippen molar-refractivity contribution in [1.29, 1.82) is 0 Å². The van der Waals surface area contributed by atoms with Crippen LogP contribution in [0.5, 0.6) is 0 Å². The number of aromatic nitrogens is 1. The van der Waals surface area contributed by atoms with Crippen molar-refractivity contribution in [2.24, 2.45) is 5.41 Å². The first-order valence-electron chi connectivity index (χ1n) is 7.44. The molecule has 1 heterocycles. The zero-order chi connectivity index (χ0) is 19.0. The SMILES string of the molecule is Cc1c(Cl)cccc1S(=O)(=O)Nc1ncc(C(C)C(C)(C)C(=O)O)s1. The number of sulfonamides is 1. The average molecular weight is 403 g/mol. The average Bonchev–Trinajstić information content (AvgIpc) is 2.96. The Bertz CT molecular complexity index is 907. The maximum atomic E-state index is 12.6. The zero-order valence-electron chi connectivity index (χ0n) is 14.2. The number of halogens is 1. The third-order valence-electron chi connectivity index (χ3n) is 4.31. The summed E-state index contributed by atoms with van der Waals surface area (Å²) >= 11 is 7.11. The molecule has 1 atom stereocenters. The fraction of sp³-hybridized carbons (Fsp3) is 0.375. The fourth-order valence-corrected chi connectivity index (χ4v) is 4.92. The van der Waals surface area contributed by atoms with Gasteiger partial charge in [-0.25, -0.2) is 13.4 Å². The van der Waals surface area contributed by atoms with Crippen LogP contribution in [-0.4, -0.2) is 24.5 Å². The lowest BCUT2D eigenvalue weighted by Crippen LogP contribution is -2.29. The molecule has 1 aromatic heterocycles. The second kappa shape index (κ2) is 6.93. The van der Waals surface area contributed by atoms with Gasteiger partial charge in [0.05, 0.1) is 10.3 Å². The first kappa shape index (κ1) is 19.7. The van der Waals surface area contributed by atoms with Gasteiger partial charge in [0.15, 0.2) is 5.13 Å². The highest BCUT2D eigenvalue weighted by atomic mass is 35.5. The number of carboxylic acids is 1. The number of aliphatic carboxylic acids is 1. The lowest BCUT2D eigenvalue weighted by Gasteiger charge is -2.25. The minimum atomic E-state index is -3.83. The Balaban J connectivity index is 2.29. The summed E-state index contributed by atoms with van der Waals surface area (Å²) in [6.07, 6.45) is 1.50. The summed E-state index contributed by atoms with van der Waals surface area (Å²) in [6, 6.07) is 4.65. The molecule has 0 radical (unpaired) electrons. The summed E-state index contributed by atoms with van der Waals surface area (Å²) in [6.45, 7) is 6.65. The summed E-state index contributed by atoms with van der Waals surface area (Å²) < 4.78 is 27.6. The molecule has 0 aliphatic carbocycles. The number of nitrogens with zero attached hydrogens (tertiary/aromatic N) is 1. The minimum Gasteiger partial charge on any atom is -0.481 e. The number of thiazole rings is 1. The number of anilines is 1. The molecule has 0 saturated heterocycles. The maximum Gasteiger partial charge on any atom is 0.309 e. The van der Waals surface area contributed by atoms with Crippen molar-refractivity contribution in [3.05, 3.63) is 39.9 Å². The van der Waals surface area contributed by atoms with Crippen molar-refractivity contribution in [2.75, 3.05) is 4.72 Å². The molecular formula is C16H19ClN2O4S2. The molecule has 2 aromatic rings. The van der Waals surface area contributed by atoms with E-state index in [1.807, 2.05) is 0 Å². The molecule has 2 rings (SSSR count). The second-order valence-electron chi connectivity index (χ2n) is 6.28. The van der Waals surface area contributed by atoms with Gasteiger partial charge in [-0.1, -0.05) is 24.6 Å². The molecule has 0 saturated carbocycles. The molecule has 136 valence electrons. The van der Waals surface area contributed by atoms with Gasteiger partial charge in [0, 0.05) is 22.0 Å². The topological polar surface area (TPSA) is 96.4 Å². The number of rotatable bonds is 6. The van der Waals surface area contributed by atoms with Gasteiger partial charge < -0.3 is 5.11 Å². The highest BCUT2D eigenvalue weighted by Gasteiger charge is 2.36. The van der Waals surface area contributed by atoms with Gasteiger partial charge in [-0.15, -0.1) is 11.3 Å². The monoisotopic (exact) mass is 402 g/mol. The molecule has 2 N–H and O–H groups in total. The molecule has 0 aliphatic heterocycles. The summed E-state index contributed by atoms with van der Waals surface area (Å²) in [4.78, 5) is 16.2. The molecular weight excluding hydrogens is 384 g/mol. The number of nitrogens with one attached hydrogen (secondary N) is 1. The number of hydrogen-bond donors (Lipinski definition) is 2. The summed E-state index contributed by atoms with van der Waals surface area (Å²) in [5.74, 6) is -1.25. The van der Waals surface area contributed by atoms with Crippen LogP contribution in [0.3, 0.4) is 0 Å². The highest BCUT2D eigenvalue weighted by molar-refractivity contribution is 7.93. The van der Waals surface area contributed by atoms with E-state index in [9.17, 15) is 18.3 Å². The molecule has 25 heavy (non-hydrogen) atoms. The first-order valence-corrected chi connectivity index (χ1v) is 10.1. The number of carboxylic acid groups (broad SMARTS) is 1. The molecule has 0 aliphatic rings. The Labute approximate surface area is 155 Å². The van der Waals surface area contributed by atoms with Gasteiger partial charge >= 0.3 is 5.97 Å². The van der Waals surface area contributed by atoms with E-state index in [1.54, 1.807) is 39.8 Å². The van der Waals surface area contributed by atoms with Crippen LogP contribution in [0.15, 0.2) is 29.3 Å². The lowest BCUT2D eigenvalue weighted by atomic mass is 9.79. The van der Waals surface area contributed by atoms with Crippen molar-refractivity contribution in [3.8, 4) is 0 Å². The van der Waals surface area contributed by atoms with E-state index in [4.69, 9.17) is 11.6 Å². The minimum absolute atomic E-state index is 0.0793. The van der Waals surface area contributed by atoms with E-state index in [0.717, 1.165) is 11.3 Å². The molecule has 0 spiro atoms. The molecule has 1 aromatic carbocycles. The largest absolute Gasteiger partial charge is 0.481 e. The Hall–Kier alpha value is -1.64. The smallest absolute Gasteiger partial charge is 0.309 e. The van der Waals surface area contributed by atoms with Crippen molar-refractivity contribution < 1.29 is 18.3 Å². The predicted octanol–water partition coefficient (Wildman–Crippen LogP) is 4.12. The van der Waals surface area contributed by atoms with Crippen LogP contribution in [0.4, 0.5) is 5.13 Å². The Morgan fingerprint density at radius 2 is 2.04 bits per heavy atom. The van der Waals surface area contributed by atoms with E-state index in [0.29, 0.717) is 15.5 Å². The molecule has 9 heteroatoms. The molecule has 1 unspecified atom stereocenters. The Morgan fingerprint density at radius 1 is 1.40 bits per heavy atom. The van der Waals surface area contributed by atoms with Crippen molar-refractivity contribution in [2.45, 2.75) is 38.5 Å². The van der Waals surface area contributed by atoms with Gasteiger partial charge in [0.25, 0.3) is 10.0 Å². The van der Waals surface area contributed by atoms with Crippen LogP contribution in [0.25, 0.3) is 0 Å². The third kappa shape index (κ3) is 3.96. The molecule has 0 amide bonds. The second-order valence-corrected chi connectivity index (χ2v) is 9.41. The number of carbonyl (C=O) groups is 1. The fourth-order valence-electron chi connectivity index (χ4n) is 2.12. The zero-order valence-corrected chi connectivity index (χ0v) is 16.6. The van der Waals surface area contributed by atoms with Crippen molar-refractivity contribution >= 4 is 44.1 Å². The summed E-state index contributed by atoms with van der Waals surface area (Å²) in [5, 5.41) is 9.88. The van der Waals surface area contributed by atoms with Crippen LogP contribution in [0, 0.1) is 12.3 Å². The number of hydrogen-bond acceptors (Lipinski definition) is 5. The van der Waals surface area contributed by atoms with E-state index >= 15 is 0 Å². The lowest BCUT2D eigenvalue weighted by molar-refractivity contribution is -0.147. The van der Waals surface area contributed by atoms with Gasteiger partial charge in [0.1, 0.15) is 0 Å². The van der Waals surface area contributed by atoms with Crippen LogP contribution in [0.2, 0.25) is 5.02 Å². The standard InChI is InChI=1S/C16H19ClN2O4S2/c1-9-11(17)6-5-7-13(9)25(22,23)19-15-18-8-12(24-15)10(2)16(3,4)14(20)21/h5-8,10H,1-4H3,(H,18,19)(H,20,21). The van der Waals surface area contributed by atoms with Crippen LogP contribution >= 0.6 is 22.9 Å². The maximum absolute atomic E-state index is 12.6.